The molecule has 0 aliphatic heterocycles. The number of rotatable bonds is 9. The van der Waals surface area contributed by atoms with Crippen molar-refractivity contribution in [3.63, 3.8) is 0 Å². The van der Waals surface area contributed by atoms with Crippen LogP contribution in [0.4, 0.5) is 4.39 Å². The molecule has 1 rings (SSSR count). The van der Waals surface area contributed by atoms with Crippen molar-refractivity contribution < 1.29 is 19.1 Å². The molecule has 0 spiro atoms. The Bertz CT molecular complexity index is 504. The second-order valence-corrected chi connectivity index (χ2v) is 5.57. The first kappa shape index (κ1) is 18.1. The summed E-state index contributed by atoms with van der Waals surface area (Å²) in [7, 11) is 0. The van der Waals surface area contributed by atoms with E-state index in [4.69, 9.17) is 5.11 Å². The molecule has 0 bridgehead atoms. The van der Waals surface area contributed by atoms with Gasteiger partial charge in [0.1, 0.15) is 11.9 Å². The van der Waals surface area contributed by atoms with Crippen LogP contribution in [0.15, 0.2) is 24.3 Å². The van der Waals surface area contributed by atoms with Gasteiger partial charge in [0, 0.05) is 5.92 Å². The fourth-order valence-electron chi connectivity index (χ4n) is 2.18. The van der Waals surface area contributed by atoms with E-state index in [0.29, 0.717) is 24.8 Å². The third-order valence-electron chi connectivity index (χ3n) is 3.71. The van der Waals surface area contributed by atoms with E-state index in [9.17, 15) is 14.0 Å². The first-order valence-electron chi connectivity index (χ1n) is 7.72. The van der Waals surface area contributed by atoms with Crippen molar-refractivity contribution in [1.29, 1.82) is 0 Å². The van der Waals surface area contributed by atoms with E-state index < -0.39 is 12.0 Å². The van der Waals surface area contributed by atoms with Gasteiger partial charge in [0.05, 0.1) is 0 Å². The number of amides is 1. The first-order valence-corrected chi connectivity index (χ1v) is 7.72. The van der Waals surface area contributed by atoms with Gasteiger partial charge >= 0.3 is 5.97 Å². The molecule has 0 heterocycles. The van der Waals surface area contributed by atoms with Crippen molar-refractivity contribution in [1.82, 2.24) is 5.32 Å². The minimum atomic E-state index is -1.01. The number of nitrogens with one attached hydrogen (secondary N) is 1. The van der Waals surface area contributed by atoms with Gasteiger partial charge in [-0.2, -0.15) is 0 Å². The minimum Gasteiger partial charge on any atom is -0.480 e. The third-order valence-corrected chi connectivity index (χ3v) is 3.71. The molecule has 0 aromatic heterocycles. The number of carboxylic acid groups (broad SMARTS) is 1. The lowest BCUT2D eigenvalue weighted by Crippen LogP contribution is -2.43. The number of unbranched alkanes of at least 4 members (excludes halogenated alkanes) is 1. The van der Waals surface area contributed by atoms with Gasteiger partial charge in [-0.15, -0.1) is 0 Å². The molecule has 0 saturated heterocycles. The van der Waals surface area contributed by atoms with Gasteiger partial charge in [0.15, 0.2) is 0 Å². The van der Waals surface area contributed by atoms with E-state index in [1.54, 1.807) is 25.1 Å². The zero-order valence-electron chi connectivity index (χ0n) is 13.1. The van der Waals surface area contributed by atoms with Crippen LogP contribution in [-0.4, -0.2) is 23.0 Å². The Morgan fingerprint density at radius 2 is 1.95 bits per heavy atom. The number of carboxylic acids is 1. The summed E-state index contributed by atoms with van der Waals surface area (Å²) in [6, 6.07) is 5.63. The quantitative estimate of drug-likeness (QED) is 0.736. The summed E-state index contributed by atoms with van der Waals surface area (Å²) < 4.78 is 13.5. The van der Waals surface area contributed by atoms with Gasteiger partial charge < -0.3 is 10.4 Å². The molecule has 0 aliphatic rings. The summed E-state index contributed by atoms with van der Waals surface area (Å²) >= 11 is 0. The van der Waals surface area contributed by atoms with E-state index in [-0.39, 0.29) is 17.6 Å². The van der Waals surface area contributed by atoms with Crippen molar-refractivity contribution in [2.75, 3.05) is 0 Å². The monoisotopic (exact) mass is 309 g/mol. The van der Waals surface area contributed by atoms with Gasteiger partial charge in [-0.25, -0.2) is 9.18 Å². The first-order chi connectivity index (χ1) is 10.5. The number of carbonyl (C=O) groups is 2. The van der Waals surface area contributed by atoms with Crippen LogP contribution < -0.4 is 5.32 Å². The minimum absolute atomic E-state index is 0.276. The van der Waals surface area contributed by atoms with E-state index in [2.05, 4.69) is 5.32 Å². The molecule has 1 amide bonds. The molecular weight excluding hydrogens is 285 g/mol. The molecule has 2 N–H and O–H groups in total. The number of benzene rings is 1. The number of aryl methyl sites for hydroxylation is 1. The van der Waals surface area contributed by atoms with Crippen molar-refractivity contribution in [2.45, 2.75) is 52.0 Å². The highest BCUT2D eigenvalue weighted by atomic mass is 19.1. The Morgan fingerprint density at radius 1 is 1.27 bits per heavy atom. The standard InChI is InChI=1S/C17H24FNO3/c1-3-4-9-15(17(21)22)19-16(20)12(2)10-11-13-7-5-6-8-14(13)18/h5-8,12,15H,3-4,9-11H2,1-2H3,(H,19,20)(H,21,22). The molecule has 1 aromatic carbocycles. The van der Waals surface area contributed by atoms with Crippen molar-refractivity contribution in [3.8, 4) is 0 Å². The van der Waals surface area contributed by atoms with Gasteiger partial charge in [0.25, 0.3) is 0 Å². The van der Waals surface area contributed by atoms with Gasteiger partial charge in [-0.1, -0.05) is 44.9 Å². The van der Waals surface area contributed by atoms with Crippen LogP contribution in [0.3, 0.4) is 0 Å². The highest BCUT2D eigenvalue weighted by Gasteiger charge is 2.22. The van der Waals surface area contributed by atoms with Crippen molar-refractivity contribution >= 4 is 11.9 Å². The van der Waals surface area contributed by atoms with Crippen molar-refractivity contribution in [3.05, 3.63) is 35.6 Å². The molecule has 2 unspecified atom stereocenters. The summed E-state index contributed by atoms with van der Waals surface area (Å²) in [5.41, 5.74) is 0.572. The topological polar surface area (TPSA) is 66.4 Å². The average Bonchev–Trinajstić information content (AvgIpc) is 2.49. The summed E-state index contributed by atoms with van der Waals surface area (Å²) in [4.78, 5) is 23.2. The second kappa shape index (κ2) is 9.18. The Morgan fingerprint density at radius 3 is 2.55 bits per heavy atom. The van der Waals surface area contributed by atoms with Crippen LogP contribution in [-0.2, 0) is 16.0 Å². The van der Waals surface area contributed by atoms with Crippen LogP contribution in [0.1, 0.15) is 45.1 Å². The van der Waals surface area contributed by atoms with Crippen LogP contribution >= 0.6 is 0 Å². The van der Waals surface area contributed by atoms with Gasteiger partial charge in [0.2, 0.25) is 5.91 Å². The molecule has 0 radical (unpaired) electrons. The summed E-state index contributed by atoms with van der Waals surface area (Å²) in [6.45, 7) is 3.70. The third kappa shape index (κ3) is 5.84. The largest absolute Gasteiger partial charge is 0.480 e. The molecule has 5 heteroatoms. The molecule has 2 atom stereocenters. The SMILES string of the molecule is CCCCC(NC(=O)C(C)CCc1ccccc1F)C(=O)O. The smallest absolute Gasteiger partial charge is 0.326 e. The molecule has 1 aromatic rings. The maximum Gasteiger partial charge on any atom is 0.326 e. The fourth-order valence-corrected chi connectivity index (χ4v) is 2.18. The molecule has 22 heavy (non-hydrogen) atoms. The lowest BCUT2D eigenvalue weighted by Gasteiger charge is -2.17. The molecule has 0 fully saturated rings. The Labute approximate surface area is 130 Å². The number of hydrogen-bond donors (Lipinski definition) is 2. The van der Waals surface area contributed by atoms with Crippen molar-refractivity contribution in [2.24, 2.45) is 5.92 Å². The molecule has 0 saturated carbocycles. The zero-order valence-corrected chi connectivity index (χ0v) is 13.1. The maximum atomic E-state index is 13.5. The highest BCUT2D eigenvalue weighted by molar-refractivity contribution is 5.84. The van der Waals surface area contributed by atoms with E-state index >= 15 is 0 Å². The maximum absolute atomic E-state index is 13.5. The number of aliphatic carboxylic acids is 1. The summed E-state index contributed by atoms with van der Waals surface area (Å²) in [5.74, 6) is -1.94. The number of hydrogen-bond acceptors (Lipinski definition) is 2. The number of halogens is 1. The predicted molar refractivity (Wildman–Crippen MR) is 83.0 cm³/mol. The normalized spacial score (nSPS) is 13.4. The van der Waals surface area contributed by atoms with Crippen LogP contribution in [0.5, 0.6) is 0 Å². The predicted octanol–water partition coefficient (Wildman–Crippen LogP) is 3.15. The van der Waals surface area contributed by atoms with Crippen LogP contribution in [0, 0.1) is 11.7 Å². The molecule has 122 valence electrons. The van der Waals surface area contributed by atoms with E-state index in [0.717, 1.165) is 12.8 Å². The summed E-state index contributed by atoms with van der Waals surface area (Å²) in [6.07, 6.45) is 2.99. The molecule has 0 aliphatic carbocycles. The lowest BCUT2D eigenvalue weighted by atomic mass is 9.99. The Hall–Kier alpha value is -1.91. The number of carbonyl (C=O) groups excluding carboxylic acids is 1. The van der Waals surface area contributed by atoms with Crippen LogP contribution in [0.2, 0.25) is 0 Å². The second-order valence-electron chi connectivity index (χ2n) is 5.57. The fraction of sp³-hybridized carbons (Fsp3) is 0.529. The molecule has 4 nitrogen and oxygen atoms in total. The highest BCUT2D eigenvalue weighted by Crippen LogP contribution is 2.13. The zero-order chi connectivity index (χ0) is 16.5. The van der Waals surface area contributed by atoms with Gasteiger partial charge in [-0.3, -0.25) is 4.79 Å². The average molecular weight is 309 g/mol. The molecular formula is C17H24FNO3. The Balaban J connectivity index is 2.50. The van der Waals surface area contributed by atoms with Crippen LogP contribution in [0.25, 0.3) is 0 Å². The Kier molecular flexibility index (Phi) is 7.57. The van der Waals surface area contributed by atoms with Gasteiger partial charge in [-0.05, 0) is 30.9 Å². The van der Waals surface area contributed by atoms with E-state index in [1.807, 2.05) is 6.92 Å². The summed E-state index contributed by atoms with van der Waals surface area (Å²) in [5, 5.41) is 11.7. The lowest BCUT2D eigenvalue weighted by molar-refractivity contribution is -0.142. The van der Waals surface area contributed by atoms with E-state index in [1.165, 1.54) is 6.07 Å².